The quantitative estimate of drug-likeness (QED) is 0.531. The Morgan fingerprint density at radius 3 is 1.78 bits per heavy atom. The molecule has 9 heavy (non-hydrogen) atoms. The van der Waals surface area contributed by atoms with Crippen LogP contribution in [0.4, 0.5) is 0 Å². The summed E-state index contributed by atoms with van der Waals surface area (Å²) >= 11 is 0. The summed E-state index contributed by atoms with van der Waals surface area (Å²) in [5.74, 6) is 7.99. The lowest BCUT2D eigenvalue weighted by atomic mass is 10.2. The molecule has 0 aliphatic rings. The lowest BCUT2D eigenvalue weighted by Crippen LogP contribution is -2.32. The summed E-state index contributed by atoms with van der Waals surface area (Å²) in [7, 11) is 0. The second kappa shape index (κ2) is 3.85. The zero-order chi connectivity index (χ0) is 7.44. The first-order valence-corrected chi connectivity index (χ1v) is 3.52. The Balaban J connectivity index is 3.38. The van der Waals surface area contributed by atoms with Gasteiger partial charge in [-0.15, -0.1) is 0 Å². The molecule has 0 amide bonds. The summed E-state index contributed by atoms with van der Waals surface area (Å²) in [6.45, 7) is 9.20. The first-order chi connectivity index (χ1) is 4.04. The summed E-state index contributed by atoms with van der Waals surface area (Å²) in [5, 5.41) is 1.62. The van der Waals surface area contributed by atoms with E-state index in [0.29, 0.717) is 12.0 Å². The van der Waals surface area contributed by atoms with Crippen LogP contribution in [-0.2, 0) is 0 Å². The minimum Gasteiger partial charge on any atom is -0.227 e. The van der Waals surface area contributed by atoms with Crippen molar-refractivity contribution in [3.8, 4) is 0 Å². The third-order valence-electron chi connectivity index (χ3n) is 1.19. The molecular formula is C7H17N2. The largest absolute Gasteiger partial charge is 0.227 e. The van der Waals surface area contributed by atoms with Gasteiger partial charge in [0, 0.05) is 12.6 Å². The van der Waals surface area contributed by atoms with E-state index in [2.05, 4.69) is 13.8 Å². The van der Waals surface area contributed by atoms with Crippen LogP contribution in [-0.4, -0.2) is 17.6 Å². The lowest BCUT2D eigenvalue weighted by Gasteiger charge is -2.20. The van der Waals surface area contributed by atoms with Crippen LogP contribution in [0.25, 0.3) is 0 Å². The molecule has 2 nitrogen and oxygen atoms in total. The second-order valence-corrected chi connectivity index (χ2v) is 3.14. The smallest absolute Gasteiger partial charge is 0.0200 e. The van der Waals surface area contributed by atoms with Crippen LogP contribution in [0.15, 0.2) is 0 Å². The van der Waals surface area contributed by atoms with E-state index in [0.717, 1.165) is 6.54 Å². The molecule has 0 atom stereocenters. The van der Waals surface area contributed by atoms with Gasteiger partial charge in [-0.3, -0.25) is 0 Å². The van der Waals surface area contributed by atoms with Crippen LogP contribution in [0.5, 0.6) is 0 Å². The van der Waals surface area contributed by atoms with Gasteiger partial charge >= 0.3 is 0 Å². The summed E-state index contributed by atoms with van der Waals surface area (Å²) in [4.78, 5) is 0. The Labute approximate surface area is 58.0 Å². The molecule has 1 N–H and O–H groups in total. The molecule has 0 heterocycles. The maximum Gasteiger partial charge on any atom is 0.0200 e. The van der Waals surface area contributed by atoms with Crippen LogP contribution in [0.1, 0.15) is 27.7 Å². The molecule has 0 aliphatic carbocycles. The molecule has 0 aromatic rings. The van der Waals surface area contributed by atoms with Crippen molar-refractivity contribution in [1.29, 1.82) is 0 Å². The molecule has 0 spiro atoms. The van der Waals surface area contributed by atoms with Gasteiger partial charge in [-0.1, -0.05) is 13.8 Å². The molecule has 0 saturated heterocycles. The standard InChI is InChI=1S/C7H17N2/c1-6(2)5-9(8)7(3)4/h6-8H,5H2,1-4H3. The summed E-state index contributed by atoms with van der Waals surface area (Å²) in [5.41, 5.74) is 0. The Bertz CT molecular complexity index is 69.3. The number of nitrogens with one attached hydrogen (secondary N) is 1. The van der Waals surface area contributed by atoms with Gasteiger partial charge in [-0.05, 0) is 19.8 Å². The molecule has 1 radical (unpaired) electrons. The molecule has 0 rings (SSSR count). The van der Waals surface area contributed by atoms with E-state index < -0.39 is 0 Å². The minimum atomic E-state index is 0.354. The Morgan fingerprint density at radius 2 is 1.67 bits per heavy atom. The summed E-state index contributed by atoms with van der Waals surface area (Å²) in [6.07, 6.45) is 0. The minimum absolute atomic E-state index is 0.354. The van der Waals surface area contributed by atoms with Gasteiger partial charge in [-0.2, -0.15) is 5.84 Å². The SMILES string of the molecule is CC(C)CN([NH])C(C)C. The zero-order valence-corrected chi connectivity index (χ0v) is 6.81. The van der Waals surface area contributed by atoms with E-state index in [-0.39, 0.29) is 0 Å². The number of nitrogens with zero attached hydrogens (tertiary/aromatic N) is 1. The van der Waals surface area contributed by atoms with E-state index in [1.54, 1.807) is 5.01 Å². The van der Waals surface area contributed by atoms with Crippen molar-refractivity contribution in [1.82, 2.24) is 10.9 Å². The third kappa shape index (κ3) is 4.43. The Kier molecular flexibility index (Phi) is 3.82. The number of hydrogen-bond acceptors (Lipinski definition) is 1. The van der Waals surface area contributed by atoms with Crippen LogP contribution in [0.3, 0.4) is 0 Å². The molecule has 0 aromatic heterocycles. The molecule has 0 unspecified atom stereocenters. The lowest BCUT2D eigenvalue weighted by molar-refractivity contribution is 0.188. The number of hydrogen-bond donors (Lipinski definition) is 0. The van der Waals surface area contributed by atoms with Gasteiger partial charge in [0.15, 0.2) is 0 Å². The molecule has 0 bridgehead atoms. The second-order valence-electron chi connectivity index (χ2n) is 3.14. The van der Waals surface area contributed by atoms with Crippen molar-refractivity contribution in [2.24, 2.45) is 5.92 Å². The van der Waals surface area contributed by atoms with Gasteiger partial charge in [0.2, 0.25) is 0 Å². The van der Waals surface area contributed by atoms with Crippen LogP contribution in [0.2, 0.25) is 0 Å². The average molecular weight is 129 g/mol. The van der Waals surface area contributed by atoms with Crippen LogP contribution in [0, 0.1) is 5.92 Å². The van der Waals surface area contributed by atoms with E-state index in [4.69, 9.17) is 5.84 Å². The van der Waals surface area contributed by atoms with E-state index in [1.807, 2.05) is 13.8 Å². The zero-order valence-electron chi connectivity index (χ0n) is 6.81. The highest BCUT2D eigenvalue weighted by Crippen LogP contribution is 1.98. The topological polar surface area (TPSA) is 27.0 Å². The molecule has 0 saturated carbocycles. The predicted octanol–water partition coefficient (Wildman–Crippen LogP) is 1.55. The van der Waals surface area contributed by atoms with Crippen molar-refractivity contribution in [3.63, 3.8) is 0 Å². The number of rotatable bonds is 3. The average Bonchev–Trinajstić information content (AvgIpc) is 1.63. The molecule has 2 heteroatoms. The Hall–Kier alpha value is -0.0800. The van der Waals surface area contributed by atoms with Gasteiger partial charge < -0.3 is 0 Å². The van der Waals surface area contributed by atoms with Gasteiger partial charge in [0.05, 0.1) is 0 Å². The first-order valence-electron chi connectivity index (χ1n) is 3.52. The van der Waals surface area contributed by atoms with Crippen molar-refractivity contribution in [2.75, 3.05) is 6.54 Å². The fraction of sp³-hybridized carbons (Fsp3) is 1.00. The van der Waals surface area contributed by atoms with Crippen molar-refractivity contribution >= 4 is 0 Å². The maximum atomic E-state index is 7.39. The summed E-state index contributed by atoms with van der Waals surface area (Å²) < 4.78 is 0. The van der Waals surface area contributed by atoms with Gasteiger partial charge in [0.1, 0.15) is 0 Å². The highest BCUT2D eigenvalue weighted by Gasteiger charge is 2.05. The van der Waals surface area contributed by atoms with E-state index >= 15 is 0 Å². The highest BCUT2D eigenvalue weighted by atomic mass is 15.4. The Morgan fingerprint density at radius 1 is 1.22 bits per heavy atom. The van der Waals surface area contributed by atoms with Crippen LogP contribution < -0.4 is 5.84 Å². The molecular weight excluding hydrogens is 112 g/mol. The highest BCUT2D eigenvalue weighted by molar-refractivity contribution is 4.55. The monoisotopic (exact) mass is 129 g/mol. The first kappa shape index (κ1) is 8.92. The fourth-order valence-electron chi connectivity index (χ4n) is 0.604. The molecule has 0 aromatic carbocycles. The van der Waals surface area contributed by atoms with Crippen molar-refractivity contribution in [2.45, 2.75) is 33.7 Å². The van der Waals surface area contributed by atoms with Crippen molar-refractivity contribution in [3.05, 3.63) is 0 Å². The normalized spacial score (nSPS) is 12.0. The summed E-state index contributed by atoms with van der Waals surface area (Å²) in [6, 6.07) is 0.354. The molecule has 55 valence electrons. The van der Waals surface area contributed by atoms with Crippen LogP contribution >= 0.6 is 0 Å². The van der Waals surface area contributed by atoms with E-state index in [9.17, 15) is 0 Å². The third-order valence-corrected chi connectivity index (χ3v) is 1.19. The van der Waals surface area contributed by atoms with Gasteiger partial charge in [0.25, 0.3) is 0 Å². The van der Waals surface area contributed by atoms with Crippen molar-refractivity contribution < 1.29 is 0 Å². The molecule has 0 aliphatic heterocycles. The van der Waals surface area contributed by atoms with E-state index in [1.165, 1.54) is 0 Å². The molecule has 0 fully saturated rings. The fourth-order valence-corrected chi connectivity index (χ4v) is 0.604. The predicted molar refractivity (Wildman–Crippen MR) is 39.8 cm³/mol. The maximum absolute atomic E-state index is 7.39. The van der Waals surface area contributed by atoms with Gasteiger partial charge in [-0.25, -0.2) is 5.01 Å².